The molecular weight excluding hydrogens is 306 g/mol. The minimum absolute atomic E-state index is 0.331. The van der Waals surface area contributed by atoms with Gasteiger partial charge in [0.1, 0.15) is 10.8 Å². The smallest absolute Gasteiger partial charge is 0.335 e. The van der Waals surface area contributed by atoms with Crippen molar-refractivity contribution < 1.29 is 9.53 Å². The topological polar surface area (TPSA) is 39.2 Å². The number of nitrogens with zero attached hydrogens (tertiary/aromatic N) is 1. The summed E-state index contributed by atoms with van der Waals surface area (Å²) >= 11 is 1.73. The van der Waals surface area contributed by atoms with Crippen molar-refractivity contribution in [3.8, 4) is 16.3 Å². The van der Waals surface area contributed by atoms with Crippen LogP contribution in [-0.2, 0) is 11.2 Å². The van der Waals surface area contributed by atoms with Crippen molar-refractivity contribution in [1.82, 2.24) is 4.98 Å². The van der Waals surface area contributed by atoms with E-state index in [9.17, 15) is 4.79 Å². The lowest BCUT2D eigenvalue weighted by Crippen LogP contribution is -2.03. The molecule has 0 radical (unpaired) electrons. The minimum Gasteiger partial charge on any atom is -0.423 e. The van der Waals surface area contributed by atoms with Crippen molar-refractivity contribution in [2.45, 2.75) is 46.0 Å². The van der Waals surface area contributed by atoms with Gasteiger partial charge in [-0.05, 0) is 43.5 Å². The third kappa shape index (κ3) is 5.64. The standard InChI is InChI=1S/C19H23NO2S/c1-3-5-7-9-18(21)22-16-12-10-15(11-13-16)19-20-14-17(23-19)8-6-4-2/h7,9-14H,3-6,8H2,1-2H3. The molecule has 0 amide bonds. The molecule has 4 heteroatoms. The zero-order chi connectivity index (χ0) is 16.5. The Kier molecular flexibility index (Phi) is 7.01. The van der Waals surface area contributed by atoms with Crippen LogP contribution in [0, 0.1) is 0 Å². The van der Waals surface area contributed by atoms with Crippen LogP contribution in [0.3, 0.4) is 0 Å². The number of esters is 1. The SMILES string of the molecule is CCCC=CC(=O)Oc1ccc(-c2ncc(CCCC)s2)cc1. The van der Waals surface area contributed by atoms with E-state index in [4.69, 9.17) is 4.74 Å². The van der Waals surface area contributed by atoms with Crippen LogP contribution in [-0.4, -0.2) is 11.0 Å². The second-order valence-electron chi connectivity index (χ2n) is 5.37. The number of ether oxygens (including phenoxy) is 1. The Hall–Kier alpha value is -1.94. The van der Waals surface area contributed by atoms with Crippen molar-refractivity contribution in [1.29, 1.82) is 0 Å². The third-order valence-corrected chi connectivity index (χ3v) is 4.47. The van der Waals surface area contributed by atoms with Crippen LogP contribution in [0.15, 0.2) is 42.6 Å². The van der Waals surface area contributed by atoms with Crippen LogP contribution in [0.5, 0.6) is 5.75 Å². The molecule has 23 heavy (non-hydrogen) atoms. The molecule has 0 N–H and O–H groups in total. The zero-order valence-corrected chi connectivity index (χ0v) is 14.6. The maximum Gasteiger partial charge on any atom is 0.335 e. The summed E-state index contributed by atoms with van der Waals surface area (Å²) in [4.78, 5) is 17.4. The fraction of sp³-hybridized carbons (Fsp3) is 0.368. The highest BCUT2D eigenvalue weighted by Gasteiger charge is 2.06. The molecule has 1 aromatic carbocycles. The first-order valence-electron chi connectivity index (χ1n) is 8.16. The molecule has 3 nitrogen and oxygen atoms in total. The number of aryl methyl sites for hydroxylation is 1. The number of rotatable bonds is 8. The summed E-state index contributed by atoms with van der Waals surface area (Å²) in [6.07, 6.45) is 10.7. The summed E-state index contributed by atoms with van der Waals surface area (Å²) in [5, 5.41) is 1.01. The zero-order valence-electron chi connectivity index (χ0n) is 13.7. The fourth-order valence-corrected chi connectivity index (χ4v) is 3.03. The van der Waals surface area contributed by atoms with Crippen LogP contribution in [0.4, 0.5) is 0 Å². The highest BCUT2D eigenvalue weighted by atomic mass is 32.1. The molecule has 0 aliphatic heterocycles. The van der Waals surface area contributed by atoms with Gasteiger partial charge in [-0.3, -0.25) is 0 Å². The van der Waals surface area contributed by atoms with E-state index < -0.39 is 0 Å². The first-order valence-corrected chi connectivity index (χ1v) is 8.98. The lowest BCUT2D eigenvalue weighted by Gasteiger charge is -2.02. The maximum absolute atomic E-state index is 11.6. The molecule has 0 saturated heterocycles. The van der Waals surface area contributed by atoms with Gasteiger partial charge < -0.3 is 4.74 Å². The average molecular weight is 329 g/mol. The summed E-state index contributed by atoms with van der Waals surface area (Å²) in [5.41, 5.74) is 1.05. The highest BCUT2D eigenvalue weighted by molar-refractivity contribution is 7.15. The molecule has 0 fully saturated rings. The maximum atomic E-state index is 11.6. The van der Waals surface area contributed by atoms with E-state index in [0.29, 0.717) is 5.75 Å². The predicted octanol–water partition coefficient (Wildman–Crippen LogP) is 5.41. The average Bonchev–Trinajstić information content (AvgIpc) is 3.03. The van der Waals surface area contributed by atoms with E-state index >= 15 is 0 Å². The Morgan fingerprint density at radius 1 is 1.22 bits per heavy atom. The number of benzene rings is 1. The van der Waals surface area contributed by atoms with E-state index in [1.807, 2.05) is 36.5 Å². The van der Waals surface area contributed by atoms with E-state index in [1.54, 1.807) is 11.3 Å². The first-order chi connectivity index (χ1) is 11.2. The number of carbonyl (C=O) groups is 1. The third-order valence-electron chi connectivity index (χ3n) is 3.36. The van der Waals surface area contributed by atoms with Gasteiger partial charge in [-0.2, -0.15) is 0 Å². The Morgan fingerprint density at radius 2 is 2.00 bits per heavy atom. The number of unbranched alkanes of at least 4 members (excludes halogenated alkanes) is 2. The number of hydrogen-bond acceptors (Lipinski definition) is 4. The van der Waals surface area contributed by atoms with Gasteiger partial charge in [0, 0.05) is 22.7 Å². The number of thiazole rings is 1. The molecule has 2 aromatic rings. The second kappa shape index (κ2) is 9.26. The number of aromatic nitrogens is 1. The van der Waals surface area contributed by atoms with Crippen LogP contribution < -0.4 is 4.74 Å². The highest BCUT2D eigenvalue weighted by Crippen LogP contribution is 2.27. The summed E-state index contributed by atoms with van der Waals surface area (Å²) < 4.78 is 5.27. The Balaban J connectivity index is 1.96. The van der Waals surface area contributed by atoms with Crippen LogP contribution >= 0.6 is 11.3 Å². The predicted molar refractivity (Wildman–Crippen MR) is 95.8 cm³/mol. The van der Waals surface area contributed by atoms with Gasteiger partial charge in [0.25, 0.3) is 0 Å². The van der Waals surface area contributed by atoms with E-state index in [1.165, 1.54) is 23.8 Å². The lowest BCUT2D eigenvalue weighted by atomic mass is 10.2. The Labute approximate surface area is 142 Å². The summed E-state index contributed by atoms with van der Waals surface area (Å²) in [7, 11) is 0. The minimum atomic E-state index is -0.331. The van der Waals surface area contributed by atoms with Gasteiger partial charge >= 0.3 is 5.97 Å². The van der Waals surface area contributed by atoms with Crippen molar-refractivity contribution in [3.05, 3.63) is 47.5 Å². The number of carbonyl (C=O) groups excluding carboxylic acids is 1. The summed E-state index contributed by atoms with van der Waals surface area (Å²) in [6.45, 7) is 4.26. The lowest BCUT2D eigenvalue weighted by molar-refractivity contribution is -0.129. The molecule has 0 unspecified atom stereocenters. The number of hydrogen-bond donors (Lipinski definition) is 0. The Morgan fingerprint density at radius 3 is 2.70 bits per heavy atom. The summed E-state index contributed by atoms with van der Waals surface area (Å²) in [6, 6.07) is 7.52. The van der Waals surface area contributed by atoms with Gasteiger partial charge in [0.15, 0.2) is 0 Å². The molecule has 122 valence electrons. The molecule has 0 bridgehead atoms. The van der Waals surface area contributed by atoms with Crippen molar-refractivity contribution in [2.75, 3.05) is 0 Å². The van der Waals surface area contributed by atoms with Gasteiger partial charge in [-0.15, -0.1) is 11.3 Å². The molecule has 0 aliphatic rings. The fourth-order valence-electron chi connectivity index (χ4n) is 2.07. The van der Waals surface area contributed by atoms with Crippen molar-refractivity contribution >= 4 is 17.3 Å². The van der Waals surface area contributed by atoms with Crippen LogP contribution in [0.2, 0.25) is 0 Å². The van der Waals surface area contributed by atoms with E-state index in [-0.39, 0.29) is 5.97 Å². The largest absolute Gasteiger partial charge is 0.423 e. The van der Waals surface area contributed by atoms with Crippen molar-refractivity contribution in [2.24, 2.45) is 0 Å². The molecule has 1 heterocycles. The second-order valence-corrected chi connectivity index (χ2v) is 6.49. The molecule has 0 atom stereocenters. The number of allylic oxidation sites excluding steroid dienone is 1. The van der Waals surface area contributed by atoms with Crippen molar-refractivity contribution in [3.63, 3.8) is 0 Å². The normalized spacial score (nSPS) is 11.0. The van der Waals surface area contributed by atoms with E-state index in [0.717, 1.165) is 29.8 Å². The van der Waals surface area contributed by atoms with Crippen LogP contribution in [0.1, 0.15) is 44.4 Å². The summed E-state index contributed by atoms with van der Waals surface area (Å²) in [5.74, 6) is 0.227. The van der Waals surface area contributed by atoms with Gasteiger partial charge in [-0.1, -0.05) is 32.8 Å². The molecule has 1 aromatic heterocycles. The quantitative estimate of drug-likeness (QED) is 0.369. The van der Waals surface area contributed by atoms with Gasteiger partial charge in [0.05, 0.1) is 0 Å². The first kappa shape index (κ1) is 17.4. The van der Waals surface area contributed by atoms with Gasteiger partial charge in [0.2, 0.25) is 0 Å². The molecule has 0 spiro atoms. The Bertz CT molecular complexity index is 644. The molecule has 2 rings (SSSR count). The van der Waals surface area contributed by atoms with Gasteiger partial charge in [-0.25, -0.2) is 9.78 Å². The molecule has 0 aliphatic carbocycles. The monoisotopic (exact) mass is 329 g/mol. The van der Waals surface area contributed by atoms with Crippen LogP contribution in [0.25, 0.3) is 10.6 Å². The molecule has 0 saturated carbocycles. The molecular formula is C19H23NO2S. The van der Waals surface area contributed by atoms with E-state index in [2.05, 4.69) is 18.8 Å².